The summed E-state index contributed by atoms with van der Waals surface area (Å²) in [7, 11) is 2.46. The van der Waals surface area contributed by atoms with Crippen molar-refractivity contribution in [2.45, 2.75) is 0 Å². The lowest BCUT2D eigenvalue weighted by atomic mass is 9.95. The minimum absolute atomic E-state index is 0.000122. The number of aromatic carboxylic acids is 2. The van der Waals surface area contributed by atoms with Crippen LogP contribution in [0.3, 0.4) is 0 Å². The summed E-state index contributed by atoms with van der Waals surface area (Å²) in [6, 6.07) is 2.58. The summed E-state index contributed by atoms with van der Waals surface area (Å²) in [4.78, 5) is 48.9. The molecule has 1 heterocycles. The van der Waals surface area contributed by atoms with Gasteiger partial charge in [-0.1, -0.05) is 15.9 Å². The Bertz CT molecular complexity index is 1060. The molecule has 0 unspecified atom stereocenters. The van der Waals surface area contributed by atoms with Gasteiger partial charge in [0, 0.05) is 15.6 Å². The monoisotopic (exact) mass is 470 g/mol. The summed E-state index contributed by atoms with van der Waals surface area (Å²) < 4.78 is 15.1. The molecule has 0 radical (unpaired) electrons. The molecule has 5 N–H and O–H groups in total. The van der Waals surface area contributed by atoms with Crippen LogP contribution in [0.2, 0.25) is 0 Å². The Morgan fingerprint density at radius 3 is 2.24 bits per heavy atom. The van der Waals surface area contributed by atoms with Gasteiger partial charge >= 0.3 is 17.9 Å². The molecule has 0 bridgehead atoms. The molecule has 154 valence electrons. The smallest absolute Gasteiger partial charge is 0.343 e. The number of rotatable bonds is 7. The minimum atomic E-state index is -1.65. The molecule has 1 aromatic carbocycles. The van der Waals surface area contributed by atoms with E-state index in [0.29, 0.717) is 0 Å². The molecule has 0 spiro atoms. The molecule has 11 nitrogen and oxygen atoms in total. The average Bonchev–Trinajstić information content (AvgIpc) is 2.64. The lowest BCUT2D eigenvalue weighted by Crippen LogP contribution is -2.24. The molecule has 2 aromatic rings. The number of anilines is 1. The van der Waals surface area contributed by atoms with E-state index < -0.39 is 52.6 Å². The van der Waals surface area contributed by atoms with E-state index in [9.17, 15) is 29.4 Å². The number of hydrogen-bond acceptors (Lipinski definition) is 8. The minimum Gasteiger partial charge on any atom is -0.493 e. The van der Waals surface area contributed by atoms with Crippen molar-refractivity contribution in [1.29, 1.82) is 0 Å². The summed E-state index contributed by atoms with van der Waals surface area (Å²) >= 11 is 3.20. The molecule has 2 rings (SSSR count). The van der Waals surface area contributed by atoms with Crippen molar-refractivity contribution in [3.05, 3.63) is 38.1 Å². The van der Waals surface area contributed by atoms with E-state index in [4.69, 9.17) is 15.2 Å². The van der Waals surface area contributed by atoms with Gasteiger partial charge in [-0.15, -0.1) is 0 Å². The Balaban J connectivity index is 2.81. The number of aromatic nitrogens is 1. The maximum Gasteiger partial charge on any atom is 0.343 e. The molecule has 0 aliphatic rings. The van der Waals surface area contributed by atoms with Crippen molar-refractivity contribution >= 4 is 39.7 Å². The van der Waals surface area contributed by atoms with Crippen LogP contribution in [-0.2, 0) is 9.53 Å². The Morgan fingerprint density at radius 1 is 1.10 bits per heavy atom. The highest BCUT2D eigenvalue weighted by Crippen LogP contribution is 2.41. The van der Waals surface area contributed by atoms with Crippen LogP contribution >= 0.6 is 15.9 Å². The number of nitrogens with two attached hydrogens (primary N) is 1. The van der Waals surface area contributed by atoms with Gasteiger partial charge in [0.1, 0.15) is 16.9 Å². The number of esters is 1. The second-order valence-corrected chi connectivity index (χ2v) is 6.31. The van der Waals surface area contributed by atoms with E-state index in [-0.39, 0.29) is 21.5 Å². The topological polar surface area (TPSA) is 178 Å². The van der Waals surface area contributed by atoms with Crippen LogP contribution in [0.1, 0.15) is 20.7 Å². The number of carbonyl (C=O) groups excluding carboxylic acids is 1. The number of nitrogen functional groups attached to an aromatic ring is 1. The molecule has 1 aromatic heterocycles. The van der Waals surface area contributed by atoms with E-state index in [1.807, 2.05) is 4.98 Å². The summed E-state index contributed by atoms with van der Waals surface area (Å²) in [5, 5.41) is 19.0. The van der Waals surface area contributed by atoms with Crippen LogP contribution in [0, 0.1) is 0 Å². The Kier molecular flexibility index (Phi) is 6.49. The Hall–Kier alpha value is -3.54. The molecule has 0 saturated carbocycles. The van der Waals surface area contributed by atoms with Gasteiger partial charge in [-0.3, -0.25) is 4.79 Å². The SMILES string of the molecule is COC(=O)COc1cc(Br)c(-c2c(C(=O)O)c(N)[nH]c(=O)c2C(=O)O)cc1OC. The Labute approximate surface area is 171 Å². The first-order valence-corrected chi connectivity index (χ1v) is 8.51. The average molecular weight is 471 g/mol. The lowest BCUT2D eigenvalue weighted by Gasteiger charge is -2.16. The van der Waals surface area contributed by atoms with E-state index in [0.717, 1.165) is 0 Å². The number of carbonyl (C=O) groups is 3. The fourth-order valence-corrected chi connectivity index (χ4v) is 3.03. The zero-order valence-electron chi connectivity index (χ0n) is 15.1. The molecular formula is C17H15BrN2O9. The maximum absolute atomic E-state index is 12.2. The number of methoxy groups -OCH3 is 2. The number of aromatic amines is 1. The van der Waals surface area contributed by atoms with Gasteiger partial charge in [0.25, 0.3) is 5.56 Å². The molecule has 0 aliphatic carbocycles. The number of ether oxygens (including phenoxy) is 3. The van der Waals surface area contributed by atoms with Gasteiger partial charge in [0.05, 0.1) is 14.2 Å². The second kappa shape index (κ2) is 8.65. The molecule has 0 aliphatic heterocycles. The third-order valence-corrected chi connectivity index (χ3v) is 4.42. The van der Waals surface area contributed by atoms with Crippen LogP contribution in [0.25, 0.3) is 11.1 Å². The fraction of sp³-hybridized carbons (Fsp3) is 0.176. The first-order valence-electron chi connectivity index (χ1n) is 7.72. The number of benzene rings is 1. The zero-order chi connectivity index (χ0) is 21.9. The highest BCUT2D eigenvalue weighted by molar-refractivity contribution is 9.10. The van der Waals surface area contributed by atoms with Crippen molar-refractivity contribution in [2.24, 2.45) is 0 Å². The zero-order valence-corrected chi connectivity index (χ0v) is 16.7. The molecular weight excluding hydrogens is 456 g/mol. The van der Waals surface area contributed by atoms with Crippen LogP contribution in [0.4, 0.5) is 5.82 Å². The predicted octanol–water partition coefficient (Wildman–Crippen LogP) is 1.34. The summed E-state index contributed by atoms with van der Waals surface area (Å²) in [5.74, 6) is -4.25. The summed E-state index contributed by atoms with van der Waals surface area (Å²) in [6.07, 6.45) is 0. The molecule has 0 saturated heterocycles. The fourth-order valence-electron chi connectivity index (χ4n) is 2.51. The number of halogens is 1. The van der Waals surface area contributed by atoms with Gasteiger partial charge < -0.3 is 35.1 Å². The first-order chi connectivity index (χ1) is 13.6. The van der Waals surface area contributed by atoms with Crippen molar-refractivity contribution in [3.8, 4) is 22.6 Å². The van der Waals surface area contributed by atoms with Gasteiger partial charge in [0.15, 0.2) is 18.1 Å². The largest absolute Gasteiger partial charge is 0.493 e. The second-order valence-electron chi connectivity index (χ2n) is 5.45. The van der Waals surface area contributed by atoms with Gasteiger partial charge in [-0.25, -0.2) is 14.4 Å². The maximum atomic E-state index is 12.2. The molecule has 0 atom stereocenters. The van der Waals surface area contributed by atoms with Crippen LogP contribution < -0.4 is 20.8 Å². The van der Waals surface area contributed by atoms with Crippen molar-refractivity contribution in [3.63, 3.8) is 0 Å². The van der Waals surface area contributed by atoms with E-state index in [1.54, 1.807) is 0 Å². The summed E-state index contributed by atoms with van der Waals surface area (Å²) in [6.45, 7) is -0.433. The standard InChI is InChI=1S/C17H15BrN2O9/c1-27-8-3-6(7(18)4-9(8)29-5-10(21)28-2)11-12(16(23)24)14(19)20-15(22)13(11)17(25)26/h3-4H,5H2,1-2H3,(H,23,24)(H,25,26)(H3,19,20,22). The van der Waals surface area contributed by atoms with Gasteiger partial charge in [-0.05, 0) is 12.1 Å². The Morgan fingerprint density at radius 2 is 1.72 bits per heavy atom. The highest BCUT2D eigenvalue weighted by atomic mass is 79.9. The highest BCUT2D eigenvalue weighted by Gasteiger charge is 2.28. The van der Waals surface area contributed by atoms with E-state index in [2.05, 4.69) is 20.7 Å². The van der Waals surface area contributed by atoms with Gasteiger partial charge in [-0.2, -0.15) is 0 Å². The van der Waals surface area contributed by atoms with E-state index in [1.165, 1.54) is 26.4 Å². The molecule has 0 fully saturated rings. The van der Waals surface area contributed by atoms with E-state index >= 15 is 0 Å². The lowest BCUT2D eigenvalue weighted by molar-refractivity contribution is -0.142. The van der Waals surface area contributed by atoms with Crippen molar-refractivity contribution in [1.82, 2.24) is 4.98 Å². The number of carboxylic acids is 2. The third kappa shape index (κ3) is 4.32. The predicted molar refractivity (Wildman–Crippen MR) is 103 cm³/mol. The molecule has 12 heteroatoms. The number of nitrogens with one attached hydrogen (secondary N) is 1. The molecule has 0 amide bonds. The van der Waals surface area contributed by atoms with Crippen molar-refractivity contribution in [2.75, 3.05) is 26.6 Å². The normalized spacial score (nSPS) is 10.3. The quantitative estimate of drug-likeness (QED) is 0.431. The van der Waals surface area contributed by atoms with Gasteiger partial charge in [0.2, 0.25) is 0 Å². The molecule has 29 heavy (non-hydrogen) atoms. The van der Waals surface area contributed by atoms with Crippen LogP contribution in [-0.4, -0.2) is 53.9 Å². The number of hydrogen-bond donors (Lipinski definition) is 4. The number of H-pyrrole nitrogens is 1. The number of carboxylic acid groups (broad SMARTS) is 2. The van der Waals surface area contributed by atoms with Crippen molar-refractivity contribution < 1.29 is 38.8 Å². The van der Waals surface area contributed by atoms with Crippen LogP contribution in [0.15, 0.2) is 21.4 Å². The first kappa shape index (κ1) is 21.8. The summed E-state index contributed by atoms with van der Waals surface area (Å²) in [5.41, 5.74) is 2.71. The third-order valence-electron chi connectivity index (χ3n) is 3.77. The van der Waals surface area contributed by atoms with Crippen LogP contribution in [0.5, 0.6) is 11.5 Å². The number of pyridine rings is 1.